The zero-order chi connectivity index (χ0) is 21.8. The van der Waals surface area contributed by atoms with Gasteiger partial charge in [0.15, 0.2) is 0 Å². The highest BCUT2D eigenvalue weighted by molar-refractivity contribution is 6.60. The monoisotopic (exact) mass is 430 g/mol. The van der Waals surface area contributed by atoms with Crippen molar-refractivity contribution in [2.45, 2.75) is 19.0 Å². The third-order valence-corrected chi connectivity index (χ3v) is 6.83. The maximum atomic E-state index is 10.8. The van der Waals surface area contributed by atoms with E-state index in [9.17, 15) is 10.1 Å². The molecule has 0 spiro atoms. The molecule has 10 heteroatoms. The van der Waals surface area contributed by atoms with Crippen molar-refractivity contribution < 1.29 is 18.2 Å². The molecule has 0 radical (unpaired) electrons. The molecule has 0 atom stereocenters. The lowest BCUT2D eigenvalue weighted by Gasteiger charge is -2.28. The Hall–Kier alpha value is -2.92. The Kier molecular flexibility index (Phi) is 9.29. The summed E-state index contributed by atoms with van der Waals surface area (Å²) in [6.45, 7) is 12.6. The number of nitro groups is 1. The van der Waals surface area contributed by atoms with Gasteiger partial charge in [-0.25, -0.2) is 0 Å². The third kappa shape index (κ3) is 6.85. The fraction of sp³-hybridized carbons (Fsp3) is 0.300. The number of rotatable bonds is 15. The zero-order valence-electron chi connectivity index (χ0n) is 16.8. The maximum Gasteiger partial charge on any atom is 0.501 e. The van der Waals surface area contributed by atoms with Crippen LogP contribution in [0.2, 0.25) is 6.04 Å². The number of hydrogen-bond acceptors (Lipinski definition) is 7. The van der Waals surface area contributed by atoms with Crippen molar-refractivity contribution in [2.24, 2.45) is 0 Å². The number of benzene rings is 1. The van der Waals surface area contributed by atoms with Crippen LogP contribution in [-0.2, 0) is 19.8 Å². The quantitative estimate of drug-likeness (QED) is 0.183. The van der Waals surface area contributed by atoms with E-state index in [1.807, 2.05) is 0 Å². The van der Waals surface area contributed by atoms with Crippen LogP contribution in [0.5, 0.6) is 0 Å². The van der Waals surface area contributed by atoms with Gasteiger partial charge in [-0.05, 0) is 18.6 Å². The SMILES string of the molecule is C=CCO[Si](CCCn1cc(-c2ccc([N+](=O)[O-])cc2)nn1)(OCC=C)OCC=C. The van der Waals surface area contributed by atoms with Crippen molar-refractivity contribution in [3.8, 4) is 11.3 Å². The first kappa shape index (κ1) is 23.4. The first-order valence-electron chi connectivity index (χ1n) is 9.43. The minimum Gasteiger partial charge on any atom is -0.370 e. The minimum atomic E-state index is -2.93. The van der Waals surface area contributed by atoms with E-state index >= 15 is 0 Å². The van der Waals surface area contributed by atoms with Crippen LogP contribution in [0, 0.1) is 10.1 Å². The summed E-state index contributed by atoms with van der Waals surface area (Å²) < 4.78 is 19.4. The molecule has 0 bridgehead atoms. The normalized spacial score (nSPS) is 11.2. The van der Waals surface area contributed by atoms with Crippen molar-refractivity contribution >= 4 is 14.5 Å². The van der Waals surface area contributed by atoms with E-state index in [0.717, 1.165) is 5.56 Å². The molecule has 0 saturated carbocycles. The topological polar surface area (TPSA) is 102 Å². The number of aromatic nitrogens is 3. The van der Waals surface area contributed by atoms with E-state index in [-0.39, 0.29) is 5.69 Å². The van der Waals surface area contributed by atoms with E-state index in [0.29, 0.717) is 44.5 Å². The lowest BCUT2D eigenvalue weighted by atomic mass is 10.1. The lowest BCUT2D eigenvalue weighted by molar-refractivity contribution is -0.384. The molecule has 9 nitrogen and oxygen atoms in total. The van der Waals surface area contributed by atoms with E-state index in [1.54, 1.807) is 41.2 Å². The average molecular weight is 431 g/mol. The Balaban J connectivity index is 2.01. The summed E-state index contributed by atoms with van der Waals surface area (Å²) in [6.07, 6.45) is 7.46. The molecule has 0 amide bonds. The van der Waals surface area contributed by atoms with Crippen molar-refractivity contribution in [1.82, 2.24) is 15.0 Å². The van der Waals surface area contributed by atoms with Crippen LogP contribution in [0.3, 0.4) is 0 Å². The van der Waals surface area contributed by atoms with Crippen LogP contribution < -0.4 is 0 Å². The molecule has 0 aliphatic rings. The Labute approximate surface area is 176 Å². The summed E-state index contributed by atoms with van der Waals surface area (Å²) in [5, 5.41) is 19.1. The molecule has 0 aliphatic heterocycles. The molecular formula is C20H26N4O5Si. The largest absolute Gasteiger partial charge is 0.501 e. The standard InChI is InChI=1S/C20H26N4O5Si/c1-4-13-27-30(28-14-5-2,29-15-6-3)16-7-12-23-17-20(21-22-23)18-8-10-19(11-9-18)24(25)26/h4-6,8-11,17H,1-3,7,12-16H2. The van der Waals surface area contributed by atoms with Gasteiger partial charge in [0, 0.05) is 30.3 Å². The van der Waals surface area contributed by atoms with Gasteiger partial charge in [-0.3, -0.25) is 14.8 Å². The number of hydrogen-bond donors (Lipinski definition) is 0. The summed E-state index contributed by atoms with van der Waals surface area (Å²) in [5.74, 6) is 0. The molecule has 0 N–H and O–H groups in total. The molecule has 0 fully saturated rings. The van der Waals surface area contributed by atoms with Gasteiger partial charge >= 0.3 is 8.80 Å². The van der Waals surface area contributed by atoms with E-state index < -0.39 is 13.7 Å². The summed E-state index contributed by atoms with van der Waals surface area (Å²) in [5.41, 5.74) is 1.43. The first-order valence-corrected chi connectivity index (χ1v) is 11.4. The molecule has 1 heterocycles. The Morgan fingerprint density at radius 3 is 2.10 bits per heavy atom. The maximum absolute atomic E-state index is 10.8. The van der Waals surface area contributed by atoms with Crippen LogP contribution in [-0.4, -0.2) is 48.5 Å². The van der Waals surface area contributed by atoms with Gasteiger partial charge in [-0.2, -0.15) is 0 Å². The van der Waals surface area contributed by atoms with Crippen molar-refractivity contribution in [1.29, 1.82) is 0 Å². The summed E-state index contributed by atoms with van der Waals surface area (Å²) in [7, 11) is -2.93. The first-order chi connectivity index (χ1) is 14.5. The fourth-order valence-electron chi connectivity index (χ4n) is 2.65. The highest BCUT2D eigenvalue weighted by Crippen LogP contribution is 2.22. The van der Waals surface area contributed by atoms with Crippen molar-refractivity contribution in [3.63, 3.8) is 0 Å². The number of non-ortho nitro benzene ring substituents is 1. The molecule has 2 aromatic rings. The molecule has 1 aromatic carbocycles. The number of nitro benzene ring substituents is 1. The molecule has 0 aliphatic carbocycles. The zero-order valence-corrected chi connectivity index (χ0v) is 17.8. The van der Waals surface area contributed by atoms with Gasteiger partial charge in [0.05, 0.1) is 30.9 Å². The van der Waals surface area contributed by atoms with E-state index in [4.69, 9.17) is 13.3 Å². The van der Waals surface area contributed by atoms with Crippen LogP contribution in [0.25, 0.3) is 11.3 Å². The average Bonchev–Trinajstić information content (AvgIpc) is 3.23. The van der Waals surface area contributed by atoms with Gasteiger partial charge in [-0.15, -0.1) is 24.8 Å². The van der Waals surface area contributed by atoms with Crippen molar-refractivity contribution in [2.75, 3.05) is 19.8 Å². The molecule has 0 saturated heterocycles. The molecule has 0 unspecified atom stereocenters. The Morgan fingerprint density at radius 2 is 1.60 bits per heavy atom. The Bertz CT molecular complexity index is 822. The predicted octanol–water partition coefficient (Wildman–Crippen LogP) is 3.79. The van der Waals surface area contributed by atoms with E-state index in [2.05, 4.69) is 30.0 Å². The minimum absolute atomic E-state index is 0.0333. The summed E-state index contributed by atoms with van der Waals surface area (Å²) >= 11 is 0. The van der Waals surface area contributed by atoms with Gasteiger partial charge in [0.2, 0.25) is 0 Å². The lowest BCUT2D eigenvalue weighted by Crippen LogP contribution is -2.46. The second kappa shape index (κ2) is 11.9. The van der Waals surface area contributed by atoms with Gasteiger partial charge in [0.1, 0.15) is 5.69 Å². The van der Waals surface area contributed by atoms with E-state index in [1.165, 1.54) is 12.1 Å². The van der Waals surface area contributed by atoms with Gasteiger partial charge in [0.25, 0.3) is 5.69 Å². The molecule has 2 rings (SSSR count). The highest BCUT2D eigenvalue weighted by atomic mass is 28.4. The number of nitrogens with zero attached hydrogens (tertiary/aromatic N) is 4. The molecule has 160 valence electrons. The highest BCUT2D eigenvalue weighted by Gasteiger charge is 2.40. The Morgan fingerprint density at radius 1 is 1.03 bits per heavy atom. The third-order valence-electron chi connectivity index (χ3n) is 4.05. The van der Waals surface area contributed by atoms with Crippen LogP contribution in [0.15, 0.2) is 68.4 Å². The smallest absolute Gasteiger partial charge is 0.370 e. The van der Waals surface area contributed by atoms with Gasteiger partial charge in [-0.1, -0.05) is 23.4 Å². The second-order valence-corrected chi connectivity index (χ2v) is 8.99. The van der Waals surface area contributed by atoms with Crippen LogP contribution in [0.1, 0.15) is 6.42 Å². The fourth-order valence-corrected chi connectivity index (χ4v) is 5.04. The number of aryl methyl sites for hydroxylation is 1. The van der Waals surface area contributed by atoms with Crippen molar-refractivity contribution in [3.05, 3.63) is 78.5 Å². The molecular weight excluding hydrogens is 404 g/mol. The summed E-state index contributed by atoms with van der Waals surface area (Å²) in [6, 6.07) is 6.77. The van der Waals surface area contributed by atoms with Gasteiger partial charge < -0.3 is 13.3 Å². The molecule has 1 aromatic heterocycles. The second-order valence-electron chi connectivity index (χ2n) is 6.26. The van der Waals surface area contributed by atoms with Crippen LogP contribution in [0.4, 0.5) is 5.69 Å². The van der Waals surface area contributed by atoms with Crippen LogP contribution >= 0.6 is 0 Å². The molecule has 30 heavy (non-hydrogen) atoms. The summed E-state index contributed by atoms with van der Waals surface area (Å²) in [4.78, 5) is 10.3. The predicted molar refractivity (Wildman–Crippen MR) is 116 cm³/mol.